The van der Waals surface area contributed by atoms with Gasteiger partial charge in [0.2, 0.25) is 0 Å². The average molecular weight is 209 g/mol. The first kappa shape index (κ1) is 11.5. The van der Waals surface area contributed by atoms with Gasteiger partial charge in [0.1, 0.15) is 12.4 Å². The van der Waals surface area contributed by atoms with Crippen molar-refractivity contribution in [3.05, 3.63) is 29.8 Å². The maximum absolute atomic E-state index is 11.2. The Labute approximate surface area is 89.2 Å². The molecule has 4 nitrogen and oxygen atoms in total. The topological polar surface area (TPSA) is 47.6 Å². The van der Waals surface area contributed by atoms with Crippen LogP contribution in [0.1, 0.15) is 10.4 Å². The molecule has 15 heavy (non-hydrogen) atoms. The smallest absolute Gasteiger partial charge is 0.251 e. The highest BCUT2D eigenvalue weighted by Gasteiger charge is 2.02. The van der Waals surface area contributed by atoms with Crippen LogP contribution in [0.15, 0.2) is 24.3 Å². The van der Waals surface area contributed by atoms with Gasteiger partial charge in [-0.1, -0.05) is 0 Å². The zero-order chi connectivity index (χ0) is 11.1. The molecule has 0 unspecified atom stereocenters. The molecular formula is C11H15NO3. The minimum Gasteiger partial charge on any atom is -0.491 e. The van der Waals surface area contributed by atoms with E-state index < -0.39 is 0 Å². The molecule has 0 bridgehead atoms. The Balaban J connectivity index is 2.52. The molecule has 1 amide bonds. The van der Waals surface area contributed by atoms with Crippen LogP contribution >= 0.6 is 0 Å². The van der Waals surface area contributed by atoms with Gasteiger partial charge in [-0.15, -0.1) is 0 Å². The Morgan fingerprint density at radius 2 is 1.93 bits per heavy atom. The van der Waals surface area contributed by atoms with Gasteiger partial charge >= 0.3 is 0 Å². The van der Waals surface area contributed by atoms with E-state index in [-0.39, 0.29) is 5.91 Å². The Morgan fingerprint density at radius 3 is 2.47 bits per heavy atom. The fourth-order valence-corrected chi connectivity index (χ4v) is 1.09. The summed E-state index contributed by atoms with van der Waals surface area (Å²) >= 11 is 0. The van der Waals surface area contributed by atoms with E-state index in [0.29, 0.717) is 18.8 Å². The van der Waals surface area contributed by atoms with E-state index in [4.69, 9.17) is 9.47 Å². The first-order chi connectivity index (χ1) is 7.27. The second-order valence-electron chi connectivity index (χ2n) is 2.94. The molecule has 0 fully saturated rings. The van der Waals surface area contributed by atoms with Crippen molar-refractivity contribution in [2.24, 2.45) is 0 Å². The molecule has 82 valence electrons. The number of carbonyl (C=O) groups excluding carboxylic acids is 1. The van der Waals surface area contributed by atoms with Gasteiger partial charge in [0, 0.05) is 19.7 Å². The summed E-state index contributed by atoms with van der Waals surface area (Å²) in [6.07, 6.45) is 0. The molecule has 1 rings (SSSR count). The first-order valence-corrected chi connectivity index (χ1v) is 4.72. The number of rotatable bonds is 5. The quantitative estimate of drug-likeness (QED) is 0.738. The summed E-state index contributed by atoms with van der Waals surface area (Å²) in [5, 5.41) is 2.55. The minimum absolute atomic E-state index is 0.0987. The van der Waals surface area contributed by atoms with Crippen LogP contribution in [0.2, 0.25) is 0 Å². The lowest BCUT2D eigenvalue weighted by Gasteiger charge is -2.05. The molecular weight excluding hydrogens is 194 g/mol. The Kier molecular flexibility index (Phi) is 4.63. The molecule has 4 heteroatoms. The average Bonchev–Trinajstić information content (AvgIpc) is 2.29. The molecule has 1 aromatic rings. The first-order valence-electron chi connectivity index (χ1n) is 4.72. The van der Waals surface area contributed by atoms with E-state index in [0.717, 1.165) is 5.75 Å². The normalized spacial score (nSPS) is 9.73. The van der Waals surface area contributed by atoms with Gasteiger partial charge < -0.3 is 14.8 Å². The molecule has 0 atom stereocenters. The van der Waals surface area contributed by atoms with Crippen LogP contribution in [-0.2, 0) is 4.74 Å². The zero-order valence-corrected chi connectivity index (χ0v) is 8.95. The van der Waals surface area contributed by atoms with E-state index in [1.165, 1.54) is 0 Å². The third-order valence-corrected chi connectivity index (χ3v) is 1.90. The van der Waals surface area contributed by atoms with Gasteiger partial charge in [-0.05, 0) is 24.3 Å². The van der Waals surface area contributed by atoms with Crippen molar-refractivity contribution >= 4 is 5.91 Å². The molecule has 0 aromatic heterocycles. The molecule has 0 saturated carbocycles. The predicted molar refractivity (Wildman–Crippen MR) is 57.2 cm³/mol. The van der Waals surface area contributed by atoms with Crippen LogP contribution in [0.5, 0.6) is 5.75 Å². The molecule has 1 aromatic carbocycles. The minimum atomic E-state index is -0.0987. The Bertz CT molecular complexity index is 308. The standard InChI is InChI=1S/C11H15NO3/c1-12-11(13)9-3-5-10(6-4-9)15-8-7-14-2/h3-6H,7-8H2,1-2H3,(H,12,13). The van der Waals surface area contributed by atoms with Crippen molar-refractivity contribution in [2.45, 2.75) is 0 Å². The van der Waals surface area contributed by atoms with Gasteiger partial charge in [-0.25, -0.2) is 0 Å². The molecule has 0 saturated heterocycles. The van der Waals surface area contributed by atoms with Gasteiger partial charge in [0.15, 0.2) is 0 Å². The molecule has 1 N–H and O–H groups in total. The van der Waals surface area contributed by atoms with Gasteiger partial charge in [-0.3, -0.25) is 4.79 Å². The lowest BCUT2D eigenvalue weighted by Crippen LogP contribution is -2.17. The van der Waals surface area contributed by atoms with Gasteiger partial charge in [0.25, 0.3) is 5.91 Å². The summed E-state index contributed by atoms with van der Waals surface area (Å²) in [4.78, 5) is 11.2. The van der Waals surface area contributed by atoms with Crippen LogP contribution in [0.3, 0.4) is 0 Å². The largest absolute Gasteiger partial charge is 0.491 e. The summed E-state index contributed by atoms with van der Waals surface area (Å²) in [6, 6.07) is 6.97. The van der Waals surface area contributed by atoms with Gasteiger partial charge in [0.05, 0.1) is 6.61 Å². The van der Waals surface area contributed by atoms with Crippen LogP contribution in [0.4, 0.5) is 0 Å². The third kappa shape index (κ3) is 3.59. The van der Waals surface area contributed by atoms with Crippen LogP contribution in [-0.4, -0.2) is 33.3 Å². The fourth-order valence-electron chi connectivity index (χ4n) is 1.09. The van der Waals surface area contributed by atoms with Crippen molar-refractivity contribution in [1.82, 2.24) is 5.32 Å². The van der Waals surface area contributed by atoms with E-state index >= 15 is 0 Å². The monoisotopic (exact) mass is 209 g/mol. The fraction of sp³-hybridized carbons (Fsp3) is 0.364. The van der Waals surface area contributed by atoms with Gasteiger partial charge in [-0.2, -0.15) is 0 Å². The summed E-state index contributed by atoms with van der Waals surface area (Å²) < 4.78 is 10.2. The van der Waals surface area contributed by atoms with Crippen molar-refractivity contribution in [2.75, 3.05) is 27.4 Å². The molecule has 0 aliphatic rings. The predicted octanol–water partition coefficient (Wildman–Crippen LogP) is 1.07. The second kappa shape index (κ2) is 6.03. The number of amides is 1. The van der Waals surface area contributed by atoms with Crippen molar-refractivity contribution in [1.29, 1.82) is 0 Å². The van der Waals surface area contributed by atoms with Crippen LogP contribution in [0, 0.1) is 0 Å². The highest BCUT2D eigenvalue weighted by Crippen LogP contribution is 2.11. The summed E-state index contributed by atoms with van der Waals surface area (Å²) in [5.41, 5.74) is 0.622. The molecule has 0 heterocycles. The number of methoxy groups -OCH3 is 1. The van der Waals surface area contributed by atoms with Crippen LogP contribution in [0.25, 0.3) is 0 Å². The van der Waals surface area contributed by atoms with Crippen LogP contribution < -0.4 is 10.1 Å². The summed E-state index contributed by atoms with van der Waals surface area (Å²) in [5.74, 6) is 0.637. The number of ether oxygens (including phenoxy) is 2. The third-order valence-electron chi connectivity index (χ3n) is 1.90. The highest BCUT2D eigenvalue weighted by atomic mass is 16.5. The van der Waals surface area contributed by atoms with E-state index in [1.807, 2.05) is 0 Å². The molecule has 0 radical (unpaired) electrons. The summed E-state index contributed by atoms with van der Waals surface area (Å²) in [6.45, 7) is 1.06. The Morgan fingerprint density at radius 1 is 1.27 bits per heavy atom. The maximum atomic E-state index is 11.2. The highest BCUT2D eigenvalue weighted by molar-refractivity contribution is 5.94. The number of nitrogens with one attached hydrogen (secondary N) is 1. The summed E-state index contributed by atoms with van der Waals surface area (Å²) in [7, 11) is 3.23. The number of carbonyl (C=O) groups is 1. The number of hydrogen-bond acceptors (Lipinski definition) is 3. The molecule has 0 spiro atoms. The van der Waals surface area contributed by atoms with Crippen molar-refractivity contribution < 1.29 is 14.3 Å². The van der Waals surface area contributed by atoms with E-state index in [9.17, 15) is 4.79 Å². The second-order valence-corrected chi connectivity index (χ2v) is 2.94. The maximum Gasteiger partial charge on any atom is 0.251 e. The van der Waals surface area contributed by atoms with Crippen molar-refractivity contribution in [3.63, 3.8) is 0 Å². The lowest BCUT2D eigenvalue weighted by molar-refractivity contribution is 0.0963. The van der Waals surface area contributed by atoms with E-state index in [2.05, 4.69) is 5.32 Å². The van der Waals surface area contributed by atoms with E-state index in [1.54, 1.807) is 38.4 Å². The number of benzene rings is 1. The number of hydrogen-bond donors (Lipinski definition) is 1. The lowest BCUT2D eigenvalue weighted by atomic mass is 10.2. The van der Waals surface area contributed by atoms with Crippen molar-refractivity contribution in [3.8, 4) is 5.75 Å². The Hall–Kier alpha value is -1.55. The zero-order valence-electron chi connectivity index (χ0n) is 8.95. The SMILES string of the molecule is CNC(=O)c1ccc(OCCOC)cc1. The molecule has 0 aliphatic carbocycles. The molecule has 0 aliphatic heterocycles.